The van der Waals surface area contributed by atoms with Crippen LogP contribution in [0.4, 0.5) is 110 Å². The van der Waals surface area contributed by atoms with Gasteiger partial charge in [0.1, 0.15) is 0 Å². The van der Waals surface area contributed by atoms with Gasteiger partial charge in [-0.15, -0.1) is 0 Å². The lowest BCUT2D eigenvalue weighted by Crippen LogP contribution is -2.70. The zero-order chi connectivity index (χ0) is 37.1. The van der Waals surface area contributed by atoms with Crippen LogP contribution < -0.4 is 0 Å². The van der Waals surface area contributed by atoms with Crippen molar-refractivity contribution in [1.29, 1.82) is 0 Å². The van der Waals surface area contributed by atoms with Gasteiger partial charge in [-0.3, -0.25) is 4.79 Å². The number of allylic oxidation sites excluding steroid dienone is 2. The number of hydrogen-bond acceptors (Lipinski definition) is 2. The van der Waals surface area contributed by atoms with E-state index in [1.54, 1.807) is 0 Å². The summed E-state index contributed by atoms with van der Waals surface area (Å²) in [5.74, 6) is -91.3. The Balaban J connectivity index is 6.84. The van der Waals surface area contributed by atoms with E-state index in [0.717, 1.165) is 0 Å². The SMILES string of the molecule is CC(=O)SCCC(F)(F)C(F)(F)C(F)(F)C(F)(F)C(F)(F)C(F)(F)C=CC(F)(F)C(F)(F)C(F)(F)C(F)(F)C(F)(F)C(F)(F)F. The van der Waals surface area contributed by atoms with Crippen LogP contribution in [0.3, 0.4) is 0 Å². The molecule has 0 rings (SSSR count). The molecular formula is C18H9F25OS. The van der Waals surface area contributed by atoms with Crippen LogP contribution in [0.1, 0.15) is 13.3 Å². The lowest BCUT2D eigenvalue weighted by Gasteiger charge is -2.41. The van der Waals surface area contributed by atoms with Crippen molar-refractivity contribution in [3.05, 3.63) is 12.2 Å². The summed E-state index contributed by atoms with van der Waals surface area (Å²) in [6.07, 6.45) is -16.7. The smallest absolute Gasteiger partial charge is 0.288 e. The first-order valence-corrected chi connectivity index (χ1v) is 11.2. The average Bonchev–Trinajstić information content (AvgIpc) is 2.80. The van der Waals surface area contributed by atoms with E-state index in [1.165, 1.54) is 0 Å². The summed E-state index contributed by atoms with van der Waals surface area (Å²) in [6.45, 7) is 0.545. The lowest BCUT2D eigenvalue weighted by molar-refractivity contribution is -0.436. The Kier molecular flexibility index (Phi) is 11.1. The van der Waals surface area contributed by atoms with Gasteiger partial charge in [0.25, 0.3) is 0 Å². The molecule has 0 aromatic carbocycles. The van der Waals surface area contributed by atoms with Crippen LogP contribution in [-0.2, 0) is 4.79 Å². The Morgan fingerprint density at radius 2 is 0.711 bits per heavy atom. The van der Waals surface area contributed by atoms with Gasteiger partial charge in [0.2, 0.25) is 0 Å². The van der Waals surface area contributed by atoms with Gasteiger partial charge in [-0.05, 0) is 12.2 Å². The van der Waals surface area contributed by atoms with Crippen molar-refractivity contribution in [2.24, 2.45) is 0 Å². The Morgan fingerprint density at radius 1 is 0.444 bits per heavy atom. The highest BCUT2D eigenvalue weighted by Crippen LogP contribution is 2.63. The van der Waals surface area contributed by atoms with Gasteiger partial charge in [0.15, 0.2) is 5.12 Å². The van der Waals surface area contributed by atoms with Crippen molar-refractivity contribution in [2.75, 3.05) is 5.75 Å². The van der Waals surface area contributed by atoms with E-state index in [2.05, 4.69) is 0 Å². The minimum Gasteiger partial charge on any atom is -0.288 e. The molecule has 0 saturated heterocycles. The van der Waals surface area contributed by atoms with Crippen molar-refractivity contribution in [1.82, 2.24) is 0 Å². The molecule has 0 aliphatic carbocycles. The fourth-order valence-corrected chi connectivity index (χ4v) is 3.16. The minimum absolute atomic E-state index is 0.373. The third-order valence-electron chi connectivity index (χ3n) is 5.24. The monoisotopic (exact) mass is 748 g/mol. The minimum atomic E-state index is -8.73. The Hall–Kier alpha value is -1.99. The van der Waals surface area contributed by atoms with E-state index in [0.29, 0.717) is 6.92 Å². The maximum absolute atomic E-state index is 13.8. The van der Waals surface area contributed by atoms with Crippen LogP contribution in [0.15, 0.2) is 12.2 Å². The zero-order valence-electron chi connectivity index (χ0n) is 20.3. The van der Waals surface area contributed by atoms with Crippen molar-refractivity contribution < 1.29 is 115 Å². The summed E-state index contributed by atoms with van der Waals surface area (Å²) in [6, 6.07) is 0. The quantitative estimate of drug-likeness (QED) is 0.130. The largest absolute Gasteiger partial charge is 0.460 e. The van der Waals surface area contributed by atoms with Gasteiger partial charge in [0, 0.05) is 19.1 Å². The maximum atomic E-state index is 13.8. The fourth-order valence-electron chi connectivity index (χ4n) is 2.51. The predicted octanol–water partition coefficient (Wildman–Crippen LogP) is 9.76. The summed E-state index contributed by atoms with van der Waals surface area (Å²) in [4.78, 5) is 10.6. The second-order valence-electron chi connectivity index (χ2n) is 8.47. The number of alkyl halides is 25. The van der Waals surface area contributed by atoms with Crippen LogP contribution >= 0.6 is 11.8 Å². The second-order valence-corrected chi connectivity index (χ2v) is 9.74. The summed E-state index contributed by atoms with van der Waals surface area (Å²) >= 11 is -0.373. The highest BCUT2D eigenvalue weighted by molar-refractivity contribution is 8.13. The molecule has 0 amide bonds. The standard InChI is InChI=1S/C18H9F25OS/c1-6(44)45-5-4-9(23,24)12(29,30)14(33,34)13(31,32)10(25,26)7(19,20)2-3-8(21,22)11(27,28)15(35,36)16(37,38)17(39,40)18(41,42)43/h2-3H,4-5H2,1H3. The zero-order valence-corrected chi connectivity index (χ0v) is 21.2. The van der Waals surface area contributed by atoms with E-state index in [1.807, 2.05) is 0 Å². The third kappa shape index (κ3) is 6.46. The highest BCUT2D eigenvalue weighted by Gasteiger charge is 2.92. The van der Waals surface area contributed by atoms with E-state index < -0.39 is 101 Å². The molecule has 0 aliphatic heterocycles. The van der Waals surface area contributed by atoms with Crippen LogP contribution in [-0.4, -0.2) is 82.2 Å². The van der Waals surface area contributed by atoms with Crippen LogP contribution in [0.25, 0.3) is 0 Å². The average molecular weight is 748 g/mol. The molecule has 0 atom stereocenters. The molecule has 0 N–H and O–H groups in total. The molecule has 0 heterocycles. The molecule has 0 spiro atoms. The predicted molar refractivity (Wildman–Crippen MR) is 97.4 cm³/mol. The number of hydrogen-bond donors (Lipinski definition) is 0. The van der Waals surface area contributed by atoms with Gasteiger partial charge in [-0.25, -0.2) is 0 Å². The van der Waals surface area contributed by atoms with Gasteiger partial charge < -0.3 is 0 Å². The second kappa shape index (κ2) is 11.6. The Bertz CT molecular complexity index is 1100. The number of rotatable bonds is 14. The summed E-state index contributed by atoms with van der Waals surface area (Å²) in [7, 11) is 0. The molecule has 0 aromatic heterocycles. The van der Waals surface area contributed by atoms with Gasteiger partial charge in [0.05, 0.1) is 0 Å². The third-order valence-corrected chi connectivity index (χ3v) is 6.06. The van der Waals surface area contributed by atoms with E-state index in [-0.39, 0.29) is 11.8 Å². The van der Waals surface area contributed by atoms with Gasteiger partial charge >= 0.3 is 71.3 Å². The molecule has 0 fully saturated rings. The number of thioether (sulfide) groups is 1. The summed E-state index contributed by atoms with van der Waals surface area (Å²) in [5.41, 5.74) is 0. The summed E-state index contributed by atoms with van der Waals surface area (Å²) < 4.78 is 333. The van der Waals surface area contributed by atoms with Crippen LogP contribution in [0.5, 0.6) is 0 Å². The molecule has 1 nitrogen and oxygen atoms in total. The highest BCUT2D eigenvalue weighted by atomic mass is 32.2. The number of halogens is 25. The molecule has 0 bridgehead atoms. The normalized spacial score (nSPS) is 16.5. The fraction of sp³-hybridized carbons (Fsp3) is 0.833. The lowest BCUT2D eigenvalue weighted by atomic mass is 9.89. The molecule has 268 valence electrons. The van der Waals surface area contributed by atoms with Gasteiger partial charge in [-0.1, -0.05) is 11.8 Å². The van der Waals surface area contributed by atoms with Crippen molar-refractivity contribution in [3.63, 3.8) is 0 Å². The summed E-state index contributed by atoms with van der Waals surface area (Å²) in [5, 5.41) is -1.21. The van der Waals surface area contributed by atoms with E-state index in [9.17, 15) is 115 Å². The Labute approximate surface area is 235 Å². The topological polar surface area (TPSA) is 17.1 Å². The molecule has 45 heavy (non-hydrogen) atoms. The Morgan fingerprint density at radius 3 is 0.978 bits per heavy atom. The molecule has 0 aromatic rings. The van der Waals surface area contributed by atoms with Crippen molar-refractivity contribution in [3.8, 4) is 0 Å². The van der Waals surface area contributed by atoms with E-state index in [4.69, 9.17) is 0 Å². The maximum Gasteiger partial charge on any atom is 0.460 e. The first-order valence-electron chi connectivity index (χ1n) is 10.2. The molecular weight excluding hydrogens is 739 g/mol. The van der Waals surface area contributed by atoms with Crippen molar-refractivity contribution in [2.45, 2.75) is 84.7 Å². The molecule has 0 saturated carbocycles. The molecule has 0 aliphatic rings. The first kappa shape index (κ1) is 43.0. The first-order chi connectivity index (χ1) is 19.1. The molecule has 0 unspecified atom stereocenters. The van der Waals surface area contributed by atoms with Crippen molar-refractivity contribution >= 4 is 16.9 Å². The number of carbonyl (C=O) groups excluding carboxylic acids is 1. The van der Waals surface area contributed by atoms with E-state index >= 15 is 0 Å². The molecule has 27 heteroatoms. The van der Waals surface area contributed by atoms with Gasteiger partial charge in [-0.2, -0.15) is 110 Å². The molecule has 0 radical (unpaired) electrons. The number of carbonyl (C=O) groups is 1. The van der Waals surface area contributed by atoms with Crippen LogP contribution in [0, 0.1) is 0 Å². The van der Waals surface area contributed by atoms with Crippen LogP contribution in [0.2, 0.25) is 0 Å².